The number of hydrogen-bond donors (Lipinski definition) is 2. The minimum Gasteiger partial charge on any atom is -0.506 e. The average molecular weight is 593 g/mol. The number of rotatable bonds is 7. The van der Waals surface area contributed by atoms with Crippen LogP contribution >= 0.6 is 0 Å². The van der Waals surface area contributed by atoms with E-state index < -0.39 is 27.0 Å². The van der Waals surface area contributed by atoms with E-state index in [2.05, 4.69) is 24.2 Å². The number of nitrogens with one attached hydrogen (secondary N) is 1. The number of piperazine rings is 1. The lowest BCUT2D eigenvalue weighted by Crippen LogP contribution is -2.46. The molecule has 0 atom stereocenters. The monoisotopic (exact) mass is 592 g/mol. The number of carbonyl (C=O) groups excluding carboxylic acids is 1. The van der Waals surface area contributed by atoms with Gasteiger partial charge in [-0.15, -0.1) is 13.2 Å². The SMILES string of the molecule is CC(C)(C)S(=O)(=O)NC(=O)c1ccc(N2CCN(Cc3cc(OC(F)(F)F)cc(-c4cncc(O)c4)c3)CC2)cc1. The molecule has 0 unspecified atom stereocenters. The first kappa shape index (κ1) is 30.1. The fourth-order valence-electron chi connectivity index (χ4n) is 4.28. The van der Waals surface area contributed by atoms with E-state index >= 15 is 0 Å². The molecule has 0 spiro atoms. The Morgan fingerprint density at radius 3 is 2.22 bits per heavy atom. The van der Waals surface area contributed by atoms with Gasteiger partial charge in [0, 0.05) is 55.7 Å². The van der Waals surface area contributed by atoms with Crippen LogP contribution in [0.1, 0.15) is 36.7 Å². The van der Waals surface area contributed by atoms with Gasteiger partial charge in [-0.3, -0.25) is 14.7 Å². The molecule has 0 saturated carbocycles. The third kappa shape index (κ3) is 7.88. The van der Waals surface area contributed by atoms with Crippen molar-refractivity contribution in [3.8, 4) is 22.6 Å². The Kier molecular flexibility index (Phi) is 8.50. The van der Waals surface area contributed by atoms with Crippen molar-refractivity contribution in [1.82, 2.24) is 14.6 Å². The maximum Gasteiger partial charge on any atom is 0.573 e. The number of pyridine rings is 1. The van der Waals surface area contributed by atoms with E-state index in [1.807, 2.05) is 0 Å². The number of anilines is 1. The number of amides is 1. The topological polar surface area (TPSA) is 112 Å². The first-order chi connectivity index (χ1) is 19.1. The predicted octanol–water partition coefficient (Wildman–Crippen LogP) is 4.53. The molecule has 4 rings (SSSR count). The van der Waals surface area contributed by atoms with Crippen LogP contribution in [0.25, 0.3) is 11.1 Å². The number of halogens is 3. The number of sulfonamides is 1. The molecule has 1 fully saturated rings. The maximum atomic E-state index is 13.0. The zero-order chi connectivity index (χ0) is 30.0. The van der Waals surface area contributed by atoms with Gasteiger partial charge in [-0.05, 0) is 80.4 Å². The fraction of sp³-hybridized carbons (Fsp3) is 0.357. The molecule has 1 aliphatic rings. The van der Waals surface area contributed by atoms with Crippen LogP contribution in [0.2, 0.25) is 0 Å². The van der Waals surface area contributed by atoms with Gasteiger partial charge >= 0.3 is 6.36 Å². The Balaban J connectivity index is 1.41. The van der Waals surface area contributed by atoms with E-state index in [9.17, 15) is 31.5 Å². The Bertz CT molecular complexity index is 1500. The number of nitrogens with zero attached hydrogens (tertiary/aromatic N) is 3. The number of aromatic nitrogens is 1. The Morgan fingerprint density at radius 2 is 1.63 bits per heavy atom. The van der Waals surface area contributed by atoms with E-state index in [4.69, 9.17) is 0 Å². The second-order valence-electron chi connectivity index (χ2n) is 10.7. The predicted molar refractivity (Wildman–Crippen MR) is 148 cm³/mol. The molecule has 2 heterocycles. The van der Waals surface area contributed by atoms with Gasteiger partial charge in [0.2, 0.25) is 10.0 Å². The molecule has 220 valence electrons. The summed E-state index contributed by atoms with van der Waals surface area (Å²) in [5.74, 6) is -1.16. The largest absolute Gasteiger partial charge is 0.573 e. The molecular formula is C28H31F3N4O5S. The summed E-state index contributed by atoms with van der Waals surface area (Å²) in [4.78, 5) is 20.6. The number of hydrogen-bond acceptors (Lipinski definition) is 8. The lowest BCUT2D eigenvalue weighted by molar-refractivity contribution is -0.274. The first-order valence-electron chi connectivity index (χ1n) is 12.8. The summed E-state index contributed by atoms with van der Waals surface area (Å²) < 4.78 is 68.7. The molecule has 0 aliphatic carbocycles. The van der Waals surface area contributed by atoms with E-state index in [1.165, 1.54) is 51.4 Å². The van der Waals surface area contributed by atoms with Gasteiger partial charge in [-0.2, -0.15) is 0 Å². The molecule has 2 N–H and O–H groups in total. The molecule has 13 heteroatoms. The molecular weight excluding hydrogens is 561 g/mol. The Hall–Kier alpha value is -3.84. The molecule has 0 bridgehead atoms. The summed E-state index contributed by atoms with van der Waals surface area (Å²) in [6.45, 7) is 7.40. The highest BCUT2D eigenvalue weighted by Crippen LogP contribution is 2.31. The molecule has 3 aromatic rings. The van der Waals surface area contributed by atoms with Gasteiger partial charge in [0.05, 0.1) is 10.9 Å². The van der Waals surface area contributed by atoms with E-state index in [0.717, 1.165) is 5.69 Å². The molecule has 0 radical (unpaired) electrons. The van der Waals surface area contributed by atoms with Crippen LogP contribution in [0.3, 0.4) is 0 Å². The van der Waals surface area contributed by atoms with Crippen molar-refractivity contribution >= 4 is 21.6 Å². The molecule has 1 aromatic heterocycles. The number of alkyl halides is 3. The van der Waals surface area contributed by atoms with Crippen LogP contribution < -0.4 is 14.4 Å². The minimum atomic E-state index is -4.85. The smallest absolute Gasteiger partial charge is 0.506 e. The van der Waals surface area contributed by atoms with Crippen LogP contribution in [0.4, 0.5) is 18.9 Å². The zero-order valence-electron chi connectivity index (χ0n) is 22.8. The maximum absolute atomic E-state index is 13.0. The van der Waals surface area contributed by atoms with Gasteiger partial charge < -0.3 is 14.7 Å². The number of ether oxygens (including phenoxy) is 1. The lowest BCUT2D eigenvalue weighted by atomic mass is 10.0. The zero-order valence-corrected chi connectivity index (χ0v) is 23.6. The second kappa shape index (κ2) is 11.6. The fourth-order valence-corrected chi connectivity index (χ4v) is 4.95. The second-order valence-corrected chi connectivity index (χ2v) is 13.1. The Morgan fingerprint density at radius 1 is 0.976 bits per heavy atom. The Labute approximate surface area is 236 Å². The van der Waals surface area contributed by atoms with Gasteiger partial charge in [-0.25, -0.2) is 13.1 Å². The lowest BCUT2D eigenvalue weighted by Gasteiger charge is -2.36. The molecule has 1 aliphatic heterocycles. The highest BCUT2D eigenvalue weighted by atomic mass is 32.2. The van der Waals surface area contributed by atoms with Crippen molar-refractivity contribution in [2.75, 3.05) is 31.1 Å². The summed E-state index contributed by atoms with van der Waals surface area (Å²) in [5.41, 5.74) is 2.58. The highest BCUT2D eigenvalue weighted by molar-refractivity contribution is 7.91. The van der Waals surface area contributed by atoms with Crippen molar-refractivity contribution in [3.05, 3.63) is 72.1 Å². The van der Waals surface area contributed by atoms with Crippen LogP contribution in [0.5, 0.6) is 11.5 Å². The third-order valence-electron chi connectivity index (χ3n) is 6.56. The third-order valence-corrected chi connectivity index (χ3v) is 8.63. The molecule has 1 amide bonds. The van der Waals surface area contributed by atoms with Gasteiger partial charge in [0.25, 0.3) is 5.91 Å². The summed E-state index contributed by atoms with van der Waals surface area (Å²) in [6.07, 6.45) is -2.16. The summed E-state index contributed by atoms with van der Waals surface area (Å²) in [6, 6.07) is 12.4. The molecule has 9 nitrogen and oxygen atoms in total. The van der Waals surface area contributed by atoms with Crippen LogP contribution in [0, 0.1) is 0 Å². The van der Waals surface area contributed by atoms with Crippen molar-refractivity contribution in [3.63, 3.8) is 0 Å². The number of benzene rings is 2. The van der Waals surface area contributed by atoms with Crippen molar-refractivity contribution in [1.29, 1.82) is 0 Å². The van der Waals surface area contributed by atoms with Crippen molar-refractivity contribution in [2.24, 2.45) is 0 Å². The summed E-state index contributed by atoms with van der Waals surface area (Å²) >= 11 is 0. The van der Waals surface area contributed by atoms with E-state index in [1.54, 1.807) is 30.3 Å². The number of carbonyl (C=O) groups is 1. The average Bonchev–Trinajstić information content (AvgIpc) is 2.87. The van der Waals surface area contributed by atoms with Crippen LogP contribution in [0.15, 0.2) is 60.9 Å². The quantitative estimate of drug-likeness (QED) is 0.412. The normalized spacial score (nSPS) is 15.0. The van der Waals surface area contributed by atoms with Crippen molar-refractivity contribution < 1.29 is 36.2 Å². The van der Waals surface area contributed by atoms with E-state index in [-0.39, 0.29) is 17.1 Å². The van der Waals surface area contributed by atoms with Gasteiger partial charge in [-0.1, -0.05) is 0 Å². The summed E-state index contributed by atoms with van der Waals surface area (Å²) in [7, 11) is -3.83. The first-order valence-corrected chi connectivity index (χ1v) is 14.3. The van der Waals surface area contributed by atoms with Gasteiger partial charge in [0.1, 0.15) is 11.5 Å². The standard InChI is InChI=1S/C28H31F3N4O5S/c1-27(2,3)41(38,39)33-26(37)20-4-6-23(7-5-20)35-10-8-34(9-11-35)18-19-12-21(22-14-24(36)17-32-16-22)15-25(13-19)40-28(29,30)31/h4-7,12-17,36H,8-11,18H2,1-3H3,(H,33,37). The highest BCUT2D eigenvalue weighted by Gasteiger charge is 2.32. The molecule has 2 aromatic carbocycles. The molecule has 41 heavy (non-hydrogen) atoms. The summed E-state index contributed by atoms with van der Waals surface area (Å²) in [5, 5.41) is 9.76. The van der Waals surface area contributed by atoms with Crippen LogP contribution in [-0.4, -0.2) is 66.6 Å². The molecule has 1 saturated heterocycles. The van der Waals surface area contributed by atoms with Crippen molar-refractivity contribution in [2.45, 2.75) is 38.4 Å². The number of aromatic hydroxyl groups is 1. The van der Waals surface area contributed by atoms with E-state index in [0.29, 0.717) is 49.4 Å². The van der Waals surface area contributed by atoms with Crippen LogP contribution in [-0.2, 0) is 16.6 Å². The van der Waals surface area contributed by atoms with Gasteiger partial charge in [0.15, 0.2) is 0 Å². The minimum absolute atomic E-state index is 0.106.